The highest BCUT2D eigenvalue weighted by Gasteiger charge is 2.24. The Morgan fingerprint density at radius 3 is 2.94 bits per heavy atom. The molecule has 0 amide bonds. The standard InChI is InChI=1S/C11H13BrFNO3/c1-14-5-7(15)6-4-8-11(9(12)10(6)13)17-3-2-16-8/h4,7,14-15H,2-3,5H2,1H3. The zero-order valence-corrected chi connectivity index (χ0v) is 10.9. The monoisotopic (exact) mass is 305 g/mol. The maximum atomic E-state index is 14.0. The number of halogens is 2. The number of rotatable bonds is 3. The number of benzene rings is 1. The molecule has 0 radical (unpaired) electrons. The molecule has 4 nitrogen and oxygen atoms in total. The van der Waals surface area contributed by atoms with Gasteiger partial charge >= 0.3 is 0 Å². The molecule has 1 heterocycles. The van der Waals surface area contributed by atoms with Crippen molar-refractivity contribution in [3.63, 3.8) is 0 Å². The van der Waals surface area contributed by atoms with Gasteiger partial charge in [0.25, 0.3) is 0 Å². The van der Waals surface area contributed by atoms with Crippen LogP contribution >= 0.6 is 15.9 Å². The van der Waals surface area contributed by atoms with Crippen LogP contribution in [0.2, 0.25) is 0 Å². The Labute approximate surface area is 107 Å². The summed E-state index contributed by atoms with van der Waals surface area (Å²) in [7, 11) is 1.69. The van der Waals surface area contributed by atoms with E-state index in [-0.39, 0.29) is 16.6 Å². The third-order valence-corrected chi connectivity index (χ3v) is 3.21. The van der Waals surface area contributed by atoms with E-state index in [0.29, 0.717) is 24.7 Å². The number of fused-ring (bicyclic) bond motifs is 1. The fraction of sp³-hybridized carbons (Fsp3) is 0.455. The summed E-state index contributed by atoms with van der Waals surface area (Å²) in [6.45, 7) is 1.08. The van der Waals surface area contributed by atoms with Crippen molar-refractivity contribution in [2.24, 2.45) is 0 Å². The topological polar surface area (TPSA) is 50.7 Å². The van der Waals surface area contributed by atoms with E-state index in [1.165, 1.54) is 6.07 Å². The van der Waals surface area contributed by atoms with Gasteiger partial charge in [-0.25, -0.2) is 4.39 Å². The molecule has 0 saturated heterocycles. The molecule has 17 heavy (non-hydrogen) atoms. The van der Waals surface area contributed by atoms with Gasteiger partial charge in [-0.2, -0.15) is 0 Å². The quantitative estimate of drug-likeness (QED) is 0.891. The molecule has 0 spiro atoms. The lowest BCUT2D eigenvalue weighted by Gasteiger charge is -2.22. The van der Waals surface area contributed by atoms with Crippen LogP contribution in [-0.4, -0.2) is 31.9 Å². The van der Waals surface area contributed by atoms with Crippen molar-refractivity contribution in [2.45, 2.75) is 6.10 Å². The Bertz CT molecular complexity index is 428. The predicted octanol–water partition coefficient (Wildman–Crippen LogP) is 1.61. The van der Waals surface area contributed by atoms with Crippen LogP contribution in [-0.2, 0) is 0 Å². The van der Waals surface area contributed by atoms with Gasteiger partial charge in [-0.05, 0) is 29.0 Å². The average molecular weight is 306 g/mol. The van der Waals surface area contributed by atoms with Gasteiger partial charge in [0.05, 0.1) is 10.6 Å². The van der Waals surface area contributed by atoms with Crippen LogP contribution in [0.3, 0.4) is 0 Å². The summed E-state index contributed by atoms with van der Waals surface area (Å²) >= 11 is 3.12. The third kappa shape index (κ3) is 2.38. The van der Waals surface area contributed by atoms with Crippen molar-refractivity contribution in [1.82, 2.24) is 5.32 Å². The SMILES string of the molecule is CNCC(O)c1cc2c(c(Br)c1F)OCCO2. The first-order chi connectivity index (χ1) is 8.15. The molecule has 1 unspecified atom stereocenters. The summed E-state index contributed by atoms with van der Waals surface area (Å²) in [6, 6.07) is 1.48. The van der Waals surface area contributed by atoms with Crippen molar-refractivity contribution in [1.29, 1.82) is 0 Å². The molecule has 1 atom stereocenters. The van der Waals surface area contributed by atoms with Crippen LogP contribution in [0.4, 0.5) is 4.39 Å². The summed E-state index contributed by atoms with van der Waals surface area (Å²) in [5, 5.41) is 12.6. The minimum Gasteiger partial charge on any atom is -0.486 e. The molecule has 94 valence electrons. The second-order valence-electron chi connectivity index (χ2n) is 3.69. The number of hydrogen-bond acceptors (Lipinski definition) is 4. The number of aliphatic hydroxyl groups is 1. The Kier molecular flexibility index (Phi) is 3.86. The van der Waals surface area contributed by atoms with Gasteiger partial charge in [-0.3, -0.25) is 0 Å². The highest BCUT2D eigenvalue weighted by atomic mass is 79.9. The summed E-state index contributed by atoms with van der Waals surface area (Å²) in [5.41, 5.74) is 0.190. The zero-order valence-electron chi connectivity index (χ0n) is 9.30. The largest absolute Gasteiger partial charge is 0.486 e. The predicted molar refractivity (Wildman–Crippen MR) is 64.0 cm³/mol. The Hall–Kier alpha value is -0.850. The van der Waals surface area contributed by atoms with Crippen LogP contribution in [0, 0.1) is 5.82 Å². The van der Waals surface area contributed by atoms with E-state index in [0.717, 1.165) is 0 Å². The second-order valence-corrected chi connectivity index (χ2v) is 4.48. The molecule has 6 heteroatoms. The highest BCUT2D eigenvalue weighted by Crippen LogP contribution is 2.42. The minimum atomic E-state index is -0.924. The normalized spacial score (nSPS) is 15.8. The van der Waals surface area contributed by atoms with E-state index in [9.17, 15) is 9.50 Å². The molecular weight excluding hydrogens is 293 g/mol. The smallest absolute Gasteiger partial charge is 0.178 e. The van der Waals surface area contributed by atoms with Gasteiger partial charge in [0.2, 0.25) is 0 Å². The average Bonchev–Trinajstić information content (AvgIpc) is 2.34. The number of aliphatic hydroxyl groups excluding tert-OH is 1. The van der Waals surface area contributed by atoms with Crippen LogP contribution in [0.5, 0.6) is 11.5 Å². The van der Waals surface area contributed by atoms with Gasteiger partial charge in [-0.15, -0.1) is 0 Å². The number of ether oxygens (including phenoxy) is 2. The van der Waals surface area contributed by atoms with Gasteiger partial charge in [0.1, 0.15) is 19.0 Å². The van der Waals surface area contributed by atoms with Crippen LogP contribution in [0.15, 0.2) is 10.5 Å². The van der Waals surface area contributed by atoms with Gasteiger partial charge in [0.15, 0.2) is 11.5 Å². The summed E-state index contributed by atoms with van der Waals surface area (Å²) in [5.74, 6) is 0.292. The Balaban J connectivity index is 2.43. The van der Waals surface area contributed by atoms with E-state index < -0.39 is 11.9 Å². The van der Waals surface area contributed by atoms with Crippen LogP contribution in [0.25, 0.3) is 0 Å². The number of nitrogens with one attached hydrogen (secondary N) is 1. The molecule has 1 aromatic carbocycles. The molecule has 0 aromatic heterocycles. The lowest BCUT2D eigenvalue weighted by molar-refractivity contribution is 0.159. The van der Waals surface area contributed by atoms with Crippen molar-refractivity contribution in [2.75, 3.05) is 26.8 Å². The first-order valence-electron chi connectivity index (χ1n) is 5.25. The van der Waals surface area contributed by atoms with Crippen molar-refractivity contribution in [3.05, 3.63) is 21.9 Å². The summed E-state index contributed by atoms with van der Waals surface area (Å²) < 4.78 is 24.9. The fourth-order valence-electron chi connectivity index (χ4n) is 1.69. The molecule has 1 aromatic rings. The maximum Gasteiger partial charge on any atom is 0.178 e. The third-order valence-electron chi connectivity index (χ3n) is 2.50. The fourth-order valence-corrected chi connectivity index (χ4v) is 2.23. The van der Waals surface area contributed by atoms with E-state index in [1.54, 1.807) is 7.05 Å². The first kappa shape index (κ1) is 12.6. The second kappa shape index (κ2) is 5.20. The molecule has 1 aliphatic rings. The first-order valence-corrected chi connectivity index (χ1v) is 6.04. The number of hydrogen-bond donors (Lipinski definition) is 2. The van der Waals surface area contributed by atoms with E-state index in [1.807, 2.05) is 0 Å². The van der Waals surface area contributed by atoms with E-state index in [4.69, 9.17) is 9.47 Å². The van der Waals surface area contributed by atoms with Gasteiger partial charge in [-0.1, -0.05) is 0 Å². The lowest BCUT2D eigenvalue weighted by atomic mass is 10.1. The molecule has 0 bridgehead atoms. The van der Waals surface area contributed by atoms with Gasteiger partial charge < -0.3 is 19.9 Å². The molecule has 0 fully saturated rings. The minimum absolute atomic E-state index is 0.190. The zero-order chi connectivity index (χ0) is 12.4. The lowest BCUT2D eigenvalue weighted by Crippen LogP contribution is -2.20. The van der Waals surface area contributed by atoms with Crippen LogP contribution in [0.1, 0.15) is 11.7 Å². The molecule has 0 aliphatic carbocycles. The maximum absolute atomic E-state index is 14.0. The summed E-state index contributed by atoms with van der Waals surface area (Å²) in [4.78, 5) is 0. The molecule has 2 rings (SSSR count). The molecule has 1 aliphatic heterocycles. The molecular formula is C11H13BrFNO3. The van der Waals surface area contributed by atoms with E-state index in [2.05, 4.69) is 21.2 Å². The highest BCUT2D eigenvalue weighted by molar-refractivity contribution is 9.10. The van der Waals surface area contributed by atoms with Crippen molar-refractivity contribution >= 4 is 15.9 Å². The van der Waals surface area contributed by atoms with Gasteiger partial charge in [0, 0.05) is 12.1 Å². The summed E-state index contributed by atoms with van der Waals surface area (Å²) in [6.07, 6.45) is -0.924. The Morgan fingerprint density at radius 2 is 2.24 bits per heavy atom. The van der Waals surface area contributed by atoms with Crippen molar-refractivity contribution in [3.8, 4) is 11.5 Å². The Morgan fingerprint density at radius 1 is 1.53 bits per heavy atom. The number of likely N-dealkylation sites (N-methyl/N-ethyl adjacent to an activating group) is 1. The van der Waals surface area contributed by atoms with Crippen molar-refractivity contribution < 1.29 is 19.0 Å². The van der Waals surface area contributed by atoms with E-state index >= 15 is 0 Å². The molecule has 2 N–H and O–H groups in total. The molecule has 0 saturated carbocycles. The van der Waals surface area contributed by atoms with Crippen LogP contribution < -0.4 is 14.8 Å².